The zero-order valence-electron chi connectivity index (χ0n) is 13.7. The zero-order valence-corrected chi connectivity index (χ0v) is 13.7. The molecular weight excluding hydrogens is 328 g/mol. The minimum atomic E-state index is -0.950. The summed E-state index contributed by atoms with van der Waals surface area (Å²) in [6.07, 6.45) is 0. The first-order valence-corrected chi connectivity index (χ1v) is 8.00. The number of aromatic amines is 1. The average Bonchev–Trinajstić information content (AvgIpc) is 3.07. The molecule has 0 radical (unpaired) electrons. The molecule has 1 aromatic heterocycles. The maximum Gasteiger partial charge on any atom is 0.335 e. The Kier molecular flexibility index (Phi) is 3.58. The van der Waals surface area contributed by atoms with E-state index in [1.165, 1.54) is 0 Å². The summed E-state index contributed by atoms with van der Waals surface area (Å²) in [5, 5.41) is 9.00. The number of H-pyrrole nitrogens is 1. The summed E-state index contributed by atoms with van der Waals surface area (Å²) in [4.78, 5) is 18.8. The van der Waals surface area contributed by atoms with E-state index >= 15 is 0 Å². The molecule has 0 atom stereocenters. The lowest BCUT2D eigenvalue weighted by atomic mass is 10.0. The van der Waals surface area contributed by atoms with Crippen LogP contribution in [0.2, 0.25) is 0 Å². The van der Waals surface area contributed by atoms with E-state index in [2.05, 4.69) is 9.97 Å². The molecule has 0 aliphatic heterocycles. The zero-order chi connectivity index (χ0) is 18.3. The number of hydrogen-bond donors (Lipinski definition) is 4. The summed E-state index contributed by atoms with van der Waals surface area (Å²) in [5.74, 6) is -0.264. The first-order valence-electron chi connectivity index (χ1n) is 8.00. The molecule has 6 N–H and O–H groups in total. The van der Waals surface area contributed by atoms with E-state index in [9.17, 15) is 4.79 Å². The number of hydrogen-bond acceptors (Lipinski definition) is 4. The van der Waals surface area contributed by atoms with Crippen LogP contribution in [0.25, 0.3) is 33.5 Å². The van der Waals surface area contributed by atoms with Gasteiger partial charge in [0.25, 0.3) is 0 Å². The average molecular weight is 344 g/mol. The molecule has 26 heavy (non-hydrogen) atoms. The number of carbonyl (C=O) groups is 1. The van der Waals surface area contributed by atoms with Crippen LogP contribution in [0.5, 0.6) is 0 Å². The van der Waals surface area contributed by atoms with Gasteiger partial charge in [0.2, 0.25) is 0 Å². The molecule has 0 saturated heterocycles. The number of nitrogens with one attached hydrogen (secondary N) is 1. The molecular formula is C20H16N4O2. The standard InChI is InChI=1S/C20H16N4O2/c21-15-7-5-13(9-16(15)22)14-6-8-17-18(10-14)24-19(23-17)11-1-3-12(4-2-11)20(25)26/h1-10H,21-22H2,(H,23,24)(H,25,26). The summed E-state index contributed by atoms with van der Waals surface area (Å²) in [7, 11) is 0. The van der Waals surface area contributed by atoms with Gasteiger partial charge in [-0.25, -0.2) is 9.78 Å². The Morgan fingerprint density at radius 1 is 0.846 bits per heavy atom. The van der Waals surface area contributed by atoms with Gasteiger partial charge in [-0.2, -0.15) is 0 Å². The Bertz CT molecular complexity index is 1130. The highest BCUT2D eigenvalue weighted by Gasteiger charge is 2.09. The summed E-state index contributed by atoms with van der Waals surface area (Å²) in [5.41, 5.74) is 17.5. The van der Waals surface area contributed by atoms with Crippen LogP contribution in [0.1, 0.15) is 10.4 Å². The van der Waals surface area contributed by atoms with E-state index in [0.29, 0.717) is 17.2 Å². The number of carboxylic acid groups (broad SMARTS) is 1. The monoisotopic (exact) mass is 344 g/mol. The third kappa shape index (κ3) is 2.73. The highest BCUT2D eigenvalue weighted by molar-refractivity contribution is 5.89. The van der Waals surface area contributed by atoms with Crippen LogP contribution in [0.3, 0.4) is 0 Å². The van der Waals surface area contributed by atoms with E-state index in [4.69, 9.17) is 16.6 Å². The Balaban J connectivity index is 1.73. The number of aromatic nitrogens is 2. The number of nitrogens with zero attached hydrogens (tertiary/aromatic N) is 1. The van der Waals surface area contributed by atoms with Crippen molar-refractivity contribution in [2.45, 2.75) is 0 Å². The van der Waals surface area contributed by atoms with Gasteiger partial charge in [-0.1, -0.05) is 24.3 Å². The molecule has 6 nitrogen and oxygen atoms in total. The van der Waals surface area contributed by atoms with Crippen molar-refractivity contribution in [3.8, 4) is 22.5 Å². The quantitative estimate of drug-likeness (QED) is 0.422. The predicted octanol–water partition coefficient (Wildman–Crippen LogP) is 3.76. The van der Waals surface area contributed by atoms with Crippen molar-refractivity contribution in [2.24, 2.45) is 0 Å². The number of benzene rings is 3. The number of nitrogen functional groups attached to an aromatic ring is 2. The molecule has 0 saturated carbocycles. The van der Waals surface area contributed by atoms with Gasteiger partial charge in [-0.05, 0) is 47.5 Å². The molecule has 1 heterocycles. The number of rotatable bonds is 3. The predicted molar refractivity (Wildman–Crippen MR) is 103 cm³/mol. The molecule has 0 amide bonds. The van der Waals surface area contributed by atoms with E-state index in [-0.39, 0.29) is 5.56 Å². The second-order valence-electron chi connectivity index (χ2n) is 6.04. The molecule has 0 aliphatic carbocycles. The molecule has 0 bridgehead atoms. The van der Waals surface area contributed by atoms with E-state index < -0.39 is 5.97 Å². The van der Waals surface area contributed by atoms with E-state index in [0.717, 1.165) is 27.7 Å². The van der Waals surface area contributed by atoms with Crippen LogP contribution < -0.4 is 11.5 Å². The second kappa shape index (κ2) is 5.93. The Labute approximate surface area is 149 Å². The van der Waals surface area contributed by atoms with Crippen LogP contribution >= 0.6 is 0 Å². The van der Waals surface area contributed by atoms with Gasteiger partial charge < -0.3 is 21.6 Å². The Morgan fingerprint density at radius 3 is 2.19 bits per heavy atom. The molecule has 4 rings (SSSR count). The van der Waals surface area contributed by atoms with Gasteiger partial charge >= 0.3 is 5.97 Å². The maximum absolute atomic E-state index is 11.0. The minimum absolute atomic E-state index is 0.244. The lowest BCUT2D eigenvalue weighted by Gasteiger charge is -2.05. The molecule has 0 fully saturated rings. The first-order chi connectivity index (χ1) is 12.5. The van der Waals surface area contributed by atoms with Crippen LogP contribution in [0, 0.1) is 0 Å². The second-order valence-corrected chi connectivity index (χ2v) is 6.04. The highest BCUT2D eigenvalue weighted by atomic mass is 16.4. The fourth-order valence-corrected chi connectivity index (χ4v) is 2.85. The van der Waals surface area contributed by atoms with Gasteiger partial charge in [0.05, 0.1) is 28.0 Å². The lowest BCUT2D eigenvalue weighted by Crippen LogP contribution is -1.95. The summed E-state index contributed by atoms with van der Waals surface area (Å²) in [6, 6.07) is 18.1. The fraction of sp³-hybridized carbons (Fsp3) is 0. The van der Waals surface area contributed by atoms with Crippen molar-refractivity contribution in [1.82, 2.24) is 9.97 Å². The van der Waals surface area contributed by atoms with Crippen LogP contribution in [0.4, 0.5) is 11.4 Å². The van der Waals surface area contributed by atoms with Crippen molar-refractivity contribution in [1.29, 1.82) is 0 Å². The van der Waals surface area contributed by atoms with Crippen LogP contribution in [-0.4, -0.2) is 21.0 Å². The van der Waals surface area contributed by atoms with Crippen LogP contribution in [0.15, 0.2) is 60.7 Å². The number of anilines is 2. The van der Waals surface area contributed by atoms with Crippen molar-refractivity contribution < 1.29 is 9.90 Å². The van der Waals surface area contributed by atoms with Crippen molar-refractivity contribution >= 4 is 28.4 Å². The topological polar surface area (TPSA) is 118 Å². The minimum Gasteiger partial charge on any atom is -0.478 e. The number of carboxylic acids is 1. The summed E-state index contributed by atoms with van der Waals surface area (Å²) in [6.45, 7) is 0. The Hall–Kier alpha value is -3.80. The first kappa shape index (κ1) is 15.7. The van der Waals surface area contributed by atoms with Gasteiger partial charge in [0.1, 0.15) is 5.82 Å². The molecule has 6 heteroatoms. The van der Waals surface area contributed by atoms with E-state index in [1.54, 1.807) is 30.3 Å². The van der Waals surface area contributed by atoms with Crippen molar-refractivity contribution in [2.75, 3.05) is 11.5 Å². The van der Waals surface area contributed by atoms with Gasteiger partial charge in [-0.3, -0.25) is 0 Å². The molecule has 128 valence electrons. The summed E-state index contributed by atoms with van der Waals surface area (Å²) >= 11 is 0. The molecule has 4 aromatic rings. The molecule has 0 aliphatic rings. The van der Waals surface area contributed by atoms with Crippen LogP contribution in [-0.2, 0) is 0 Å². The van der Waals surface area contributed by atoms with Gasteiger partial charge in [0, 0.05) is 5.56 Å². The molecule has 0 spiro atoms. The fourth-order valence-electron chi connectivity index (χ4n) is 2.85. The smallest absolute Gasteiger partial charge is 0.335 e. The van der Waals surface area contributed by atoms with Gasteiger partial charge in [-0.15, -0.1) is 0 Å². The largest absolute Gasteiger partial charge is 0.478 e. The third-order valence-corrected chi connectivity index (χ3v) is 4.31. The SMILES string of the molecule is Nc1ccc(-c2ccc3nc(-c4ccc(C(=O)O)cc4)[nH]c3c2)cc1N. The Morgan fingerprint density at radius 2 is 1.50 bits per heavy atom. The van der Waals surface area contributed by atoms with Gasteiger partial charge in [0.15, 0.2) is 0 Å². The normalized spacial score (nSPS) is 10.9. The third-order valence-electron chi connectivity index (χ3n) is 4.31. The maximum atomic E-state index is 11.0. The number of imidazole rings is 1. The number of aromatic carboxylic acids is 1. The summed E-state index contributed by atoms with van der Waals surface area (Å²) < 4.78 is 0. The number of nitrogens with two attached hydrogens (primary N) is 2. The number of fused-ring (bicyclic) bond motifs is 1. The van der Waals surface area contributed by atoms with Crippen molar-refractivity contribution in [3.63, 3.8) is 0 Å². The molecule has 3 aromatic carbocycles. The highest BCUT2D eigenvalue weighted by Crippen LogP contribution is 2.29. The van der Waals surface area contributed by atoms with E-state index in [1.807, 2.05) is 30.3 Å². The lowest BCUT2D eigenvalue weighted by molar-refractivity contribution is 0.0697. The molecule has 0 unspecified atom stereocenters. The van der Waals surface area contributed by atoms with Crippen molar-refractivity contribution in [3.05, 3.63) is 66.2 Å².